The summed E-state index contributed by atoms with van der Waals surface area (Å²) in [6.45, 7) is 1.68. The number of aliphatic hydroxyl groups excluding tert-OH is 1. The van der Waals surface area contributed by atoms with Crippen LogP contribution in [0.3, 0.4) is 0 Å². The molecule has 0 saturated carbocycles. The first-order valence-corrected chi connectivity index (χ1v) is 5.57. The van der Waals surface area contributed by atoms with Crippen molar-refractivity contribution in [2.24, 2.45) is 0 Å². The third kappa shape index (κ3) is 3.28. The van der Waals surface area contributed by atoms with Gasteiger partial charge < -0.3 is 10.2 Å². The number of ketones is 1. The molecule has 1 aromatic carbocycles. The Hall–Kier alpha value is -1.39. The number of carbonyl (C=O) groups excluding carboxylic acids is 1. The molecule has 1 rings (SSSR count). The second kappa shape index (κ2) is 5.80. The van der Waals surface area contributed by atoms with Gasteiger partial charge in [-0.2, -0.15) is 0 Å². The fourth-order valence-electron chi connectivity index (χ4n) is 1.58. The number of carboxylic acid groups (broad SMARTS) is 1. The van der Waals surface area contributed by atoms with Crippen LogP contribution in [0.2, 0.25) is 0 Å². The van der Waals surface area contributed by atoms with Gasteiger partial charge in [-0.15, -0.1) is 11.6 Å². The molecule has 0 aliphatic rings. The fourth-order valence-corrected chi connectivity index (χ4v) is 1.68. The van der Waals surface area contributed by atoms with E-state index in [1.165, 1.54) is 6.07 Å². The van der Waals surface area contributed by atoms with E-state index in [0.29, 0.717) is 16.7 Å². The van der Waals surface area contributed by atoms with E-state index in [4.69, 9.17) is 16.7 Å². The fraction of sp³-hybridized carbons (Fsp3) is 0.333. The molecule has 0 fully saturated rings. The lowest BCUT2D eigenvalue weighted by atomic mass is 9.96. The SMILES string of the molecule is Cc1c(CC(=O)CCl)cccc1C(O)C(=O)O. The van der Waals surface area contributed by atoms with Gasteiger partial charge in [0.05, 0.1) is 5.88 Å². The number of hydrogen-bond acceptors (Lipinski definition) is 3. The molecule has 0 saturated heterocycles. The Morgan fingerprint density at radius 1 is 1.41 bits per heavy atom. The van der Waals surface area contributed by atoms with Crippen molar-refractivity contribution in [1.82, 2.24) is 0 Å². The van der Waals surface area contributed by atoms with Crippen LogP contribution < -0.4 is 0 Å². The molecule has 1 unspecified atom stereocenters. The lowest BCUT2D eigenvalue weighted by Crippen LogP contribution is -2.14. The van der Waals surface area contributed by atoms with E-state index in [9.17, 15) is 14.7 Å². The highest BCUT2D eigenvalue weighted by Crippen LogP contribution is 2.21. The zero-order chi connectivity index (χ0) is 13.0. The minimum atomic E-state index is -1.57. The number of alkyl halides is 1. The topological polar surface area (TPSA) is 74.6 Å². The summed E-state index contributed by atoms with van der Waals surface area (Å²) < 4.78 is 0. The monoisotopic (exact) mass is 256 g/mol. The third-order valence-electron chi connectivity index (χ3n) is 2.55. The van der Waals surface area contributed by atoms with Gasteiger partial charge in [-0.1, -0.05) is 18.2 Å². The van der Waals surface area contributed by atoms with Crippen LogP contribution in [0.15, 0.2) is 18.2 Å². The van der Waals surface area contributed by atoms with E-state index in [-0.39, 0.29) is 18.1 Å². The van der Waals surface area contributed by atoms with Gasteiger partial charge in [0.25, 0.3) is 0 Å². The van der Waals surface area contributed by atoms with Gasteiger partial charge >= 0.3 is 5.97 Å². The van der Waals surface area contributed by atoms with Crippen LogP contribution in [0, 0.1) is 6.92 Å². The molecule has 1 atom stereocenters. The summed E-state index contributed by atoms with van der Waals surface area (Å²) >= 11 is 5.41. The van der Waals surface area contributed by atoms with E-state index in [1.54, 1.807) is 19.1 Å². The molecular formula is C12H13ClO4. The second-order valence-corrected chi connectivity index (χ2v) is 3.99. The van der Waals surface area contributed by atoms with Crippen molar-refractivity contribution in [2.45, 2.75) is 19.4 Å². The number of carboxylic acids is 1. The minimum absolute atomic E-state index is 0.0782. The number of carbonyl (C=O) groups is 2. The van der Waals surface area contributed by atoms with Crippen molar-refractivity contribution in [3.63, 3.8) is 0 Å². The second-order valence-electron chi connectivity index (χ2n) is 3.72. The zero-order valence-electron chi connectivity index (χ0n) is 9.31. The van der Waals surface area contributed by atoms with Crippen LogP contribution in [0.25, 0.3) is 0 Å². The Morgan fingerprint density at radius 2 is 2.06 bits per heavy atom. The van der Waals surface area contributed by atoms with Crippen molar-refractivity contribution in [3.05, 3.63) is 34.9 Å². The maximum Gasteiger partial charge on any atom is 0.337 e. The first kappa shape index (κ1) is 13.7. The summed E-state index contributed by atoms with van der Waals surface area (Å²) in [6.07, 6.45) is -1.42. The average Bonchev–Trinajstić information content (AvgIpc) is 2.30. The maximum absolute atomic E-state index is 11.2. The Labute approximate surface area is 104 Å². The highest BCUT2D eigenvalue weighted by molar-refractivity contribution is 6.27. The molecule has 1 aromatic rings. The average molecular weight is 257 g/mol. The highest BCUT2D eigenvalue weighted by atomic mass is 35.5. The molecule has 4 nitrogen and oxygen atoms in total. The molecule has 2 N–H and O–H groups in total. The quantitative estimate of drug-likeness (QED) is 0.783. The Bertz CT molecular complexity index is 442. The van der Waals surface area contributed by atoms with E-state index < -0.39 is 12.1 Å². The van der Waals surface area contributed by atoms with Gasteiger partial charge in [0.15, 0.2) is 11.9 Å². The Balaban J connectivity index is 3.07. The number of benzene rings is 1. The van der Waals surface area contributed by atoms with E-state index >= 15 is 0 Å². The standard InChI is InChI=1S/C12H13ClO4/c1-7-8(5-9(14)6-13)3-2-4-10(7)11(15)12(16)17/h2-4,11,15H,5-6H2,1H3,(H,16,17). The summed E-state index contributed by atoms with van der Waals surface area (Å²) in [4.78, 5) is 21.9. The van der Waals surface area contributed by atoms with Gasteiger partial charge in [-0.25, -0.2) is 4.79 Å². The Kier molecular flexibility index (Phi) is 4.66. The van der Waals surface area contributed by atoms with Crippen LogP contribution in [-0.2, 0) is 16.0 Å². The molecule has 0 heterocycles. The predicted octanol–water partition coefficient (Wildman–Crippen LogP) is 1.46. The minimum Gasteiger partial charge on any atom is -0.479 e. The smallest absolute Gasteiger partial charge is 0.337 e. The van der Waals surface area contributed by atoms with Gasteiger partial charge in [-0.05, 0) is 23.6 Å². The Morgan fingerprint density at radius 3 is 2.59 bits per heavy atom. The third-order valence-corrected chi connectivity index (χ3v) is 2.85. The van der Waals surface area contributed by atoms with E-state index in [1.807, 2.05) is 0 Å². The van der Waals surface area contributed by atoms with Crippen molar-refractivity contribution in [2.75, 3.05) is 5.88 Å². The van der Waals surface area contributed by atoms with Crippen molar-refractivity contribution in [1.29, 1.82) is 0 Å². The van der Waals surface area contributed by atoms with Gasteiger partial charge in [0.1, 0.15) is 0 Å². The molecule has 17 heavy (non-hydrogen) atoms. The van der Waals surface area contributed by atoms with Crippen LogP contribution in [-0.4, -0.2) is 27.8 Å². The van der Waals surface area contributed by atoms with Gasteiger partial charge in [0, 0.05) is 6.42 Å². The normalized spacial score (nSPS) is 12.2. The number of aliphatic hydroxyl groups is 1. The van der Waals surface area contributed by atoms with E-state index in [2.05, 4.69) is 0 Å². The summed E-state index contributed by atoms with van der Waals surface area (Å²) in [5, 5.41) is 18.2. The number of aliphatic carboxylic acids is 1. The molecule has 0 spiro atoms. The summed E-state index contributed by atoms with van der Waals surface area (Å²) in [7, 11) is 0. The van der Waals surface area contributed by atoms with Crippen molar-refractivity contribution < 1.29 is 19.8 Å². The number of rotatable bonds is 5. The molecule has 0 aliphatic carbocycles. The van der Waals surface area contributed by atoms with Crippen LogP contribution in [0.4, 0.5) is 0 Å². The molecule has 0 radical (unpaired) electrons. The molecule has 92 valence electrons. The molecule has 0 amide bonds. The van der Waals surface area contributed by atoms with Crippen LogP contribution in [0.1, 0.15) is 22.8 Å². The first-order chi connectivity index (χ1) is 7.97. The lowest BCUT2D eigenvalue weighted by molar-refractivity contribution is -0.147. The van der Waals surface area contributed by atoms with E-state index in [0.717, 1.165) is 0 Å². The summed E-state index contributed by atoms with van der Waals surface area (Å²) in [5.74, 6) is -1.53. The highest BCUT2D eigenvalue weighted by Gasteiger charge is 2.19. The molecule has 0 aromatic heterocycles. The number of hydrogen-bond donors (Lipinski definition) is 2. The summed E-state index contributed by atoms with van der Waals surface area (Å²) in [5.41, 5.74) is 1.60. The molecule has 0 bridgehead atoms. The zero-order valence-corrected chi connectivity index (χ0v) is 10.1. The number of halogens is 1. The molecule has 5 heteroatoms. The first-order valence-electron chi connectivity index (χ1n) is 5.04. The molecular weight excluding hydrogens is 244 g/mol. The number of Topliss-reactive ketones (excluding diaryl/α,β-unsaturated/α-hetero) is 1. The van der Waals surface area contributed by atoms with Gasteiger partial charge in [-0.3, -0.25) is 4.79 Å². The lowest BCUT2D eigenvalue weighted by Gasteiger charge is -2.12. The summed E-state index contributed by atoms with van der Waals surface area (Å²) in [6, 6.07) is 4.87. The van der Waals surface area contributed by atoms with Crippen LogP contribution >= 0.6 is 11.6 Å². The van der Waals surface area contributed by atoms with Crippen LogP contribution in [0.5, 0.6) is 0 Å². The van der Waals surface area contributed by atoms with Crippen molar-refractivity contribution in [3.8, 4) is 0 Å². The van der Waals surface area contributed by atoms with Gasteiger partial charge in [0.2, 0.25) is 0 Å². The largest absolute Gasteiger partial charge is 0.479 e. The van der Waals surface area contributed by atoms with Crippen molar-refractivity contribution >= 4 is 23.4 Å². The molecule has 0 aliphatic heterocycles. The maximum atomic E-state index is 11.2. The predicted molar refractivity (Wildman–Crippen MR) is 63.2 cm³/mol.